The second-order valence-corrected chi connectivity index (χ2v) is 4.22. The molecule has 2 nitrogen and oxygen atoms in total. The first kappa shape index (κ1) is 12.3. The van der Waals surface area contributed by atoms with E-state index < -0.39 is 0 Å². The molecule has 0 rings (SSSR count). The predicted octanol–water partition coefficient (Wildman–Crippen LogP) is 1.44. The second kappa shape index (κ2) is 6.75. The molecule has 0 aliphatic heterocycles. The SMILES string of the molecule is CCC(CSC)N(C)CC(C)O. The fourth-order valence-electron chi connectivity index (χ4n) is 1.31. The van der Waals surface area contributed by atoms with Crippen LogP contribution in [-0.4, -0.2) is 47.8 Å². The van der Waals surface area contributed by atoms with Crippen LogP contribution in [0.25, 0.3) is 0 Å². The topological polar surface area (TPSA) is 23.5 Å². The molecule has 0 bridgehead atoms. The van der Waals surface area contributed by atoms with E-state index in [0.717, 1.165) is 18.7 Å². The average molecular weight is 191 g/mol. The number of aliphatic hydroxyl groups is 1. The summed E-state index contributed by atoms with van der Waals surface area (Å²) in [6.07, 6.45) is 3.06. The van der Waals surface area contributed by atoms with Gasteiger partial charge in [0.1, 0.15) is 0 Å². The number of thioether (sulfide) groups is 1. The highest BCUT2D eigenvalue weighted by molar-refractivity contribution is 7.98. The molecule has 0 aliphatic rings. The first-order chi connectivity index (χ1) is 5.61. The lowest BCUT2D eigenvalue weighted by Gasteiger charge is -2.27. The quantitative estimate of drug-likeness (QED) is 0.687. The van der Waals surface area contributed by atoms with Gasteiger partial charge in [-0.3, -0.25) is 0 Å². The molecule has 0 saturated heterocycles. The molecule has 3 heteroatoms. The Kier molecular flexibility index (Phi) is 6.90. The van der Waals surface area contributed by atoms with E-state index in [-0.39, 0.29) is 6.10 Å². The van der Waals surface area contributed by atoms with Gasteiger partial charge < -0.3 is 10.0 Å². The van der Waals surface area contributed by atoms with Crippen LogP contribution in [0.2, 0.25) is 0 Å². The Morgan fingerprint density at radius 3 is 2.42 bits per heavy atom. The molecule has 0 fully saturated rings. The molecule has 0 heterocycles. The van der Waals surface area contributed by atoms with E-state index in [4.69, 9.17) is 0 Å². The normalized spacial score (nSPS) is 16.5. The van der Waals surface area contributed by atoms with Gasteiger partial charge >= 0.3 is 0 Å². The van der Waals surface area contributed by atoms with E-state index in [2.05, 4.69) is 25.1 Å². The molecule has 2 atom stereocenters. The Balaban J connectivity index is 3.76. The van der Waals surface area contributed by atoms with Gasteiger partial charge in [0, 0.05) is 18.3 Å². The van der Waals surface area contributed by atoms with Crippen LogP contribution in [0, 0.1) is 0 Å². The highest BCUT2D eigenvalue weighted by Gasteiger charge is 2.12. The Labute approximate surface area is 80.3 Å². The highest BCUT2D eigenvalue weighted by Crippen LogP contribution is 2.08. The van der Waals surface area contributed by atoms with Crippen molar-refractivity contribution in [1.82, 2.24) is 4.90 Å². The van der Waals surface area contributed by atoms with Crippen molar-refractivity contribution in [1.29, 1.82) is 0 Å². The van der Waals surface area contributed by atoms with Crippen molar-refractivity contribution >= 4 is 11.8 Å². The summed E-state index contributed by atoms with van der Waals surface area (Å²) in [5.41, 5.74) is 0. The van der Waals surface area contributed by atoms with Crippen LogP contribution in [0.15, 0.2) is 0 Å². The molecular weight excluding hydrogens is 170 g/mol. The summed E-state index contributed by atoms with van der Waals surface area (Å²) in [7, 11) is 2.08. The molecule has 1 N–H and O–H groups in total. The fraction of sp³-hybridized carbons (Fsp3) is 1.00. The van der Waals surface area contributed by atoms with Crippen molar-refractivity contribution in [3.63, 3.8) is 0 Å². The standard InChI is InChI=1S/C9H21NOS/c1-5-9(7-12-4)10(3)6-8(2)11/h8-9,11H,5-7H2,1-4H3. The van der Waals surface area contributed by atoms with Gasteiger partial charge in [-0.05, 0) is 26.6 Å². The highest BCUT2D eigenvalue weighted by atomic mass is 32.2. The van der Waals surface area contributed by atoms with E-state index in [1.54, 1.807) is 0 Å². The monoisotopic (exact) mass is 191 g/mol. The second-order valence-electron chi connectivity index (χ2n) is 3.31. The zero-order valence-corrected chi connectivity index (χ0v) is 9.40. The third kappa shape index (κ3) is 5.01. The third-order valence-corrected chi connectivity index (χ3v) is 2.72. The molecule has 0 aliphatic carbocycles. The Hall–Kier alpha value is 0.270. The van der Waals surface area contributed by atoms with E-state index in [1.165, 1.54) is 0 Å². The molecule has 74 valence electrons. The van der Waals surface area contributed by atoms with Gasteiger partial charge in [-0.25, -0.2) is 0 Å². The molecule has 0 saturated carbocycles. The number of hydrogen-bond donors (Lipinski definition) is 1. The maximum atomic E-state index is 9.19. The van der Waals surface area contributed by atoms with Crippen molar-refractivity contribution in [3.05, 3.63) is 0 Å². The van der Waals surface area contributed by atoms with Gasteiger partial charge in [0.05, 0.1) is 6.10 Å². The molecule has 0 aromatic heterocycles. The summed E-state index contributed by atoms with van der Waals surface area (Å²) in [4.78, 5) is 2.24. The molecule has 2 unspecified atom stereocenters. The largest absolute Gasteiger partial charge is 0.392 e. The van der Waals surface area contributed by atoms with Gasteiger partial charge in [0.15, 0.2) is 0 Å². The van der Waals surface area contributed by atoms with Crippen molar-refractivity contribution in [2.24, 2.45) is 0 Å². The molecule has 0 radical (unpaired) electrons. The van der Waals surface area contributed by atoms with Crippen LogP contribution >= 0.6 is 11.8 Å². The van der Waals surface area contributed by atoms with Gasteiger partial charge in [-0.2, -0.15) is 11.8 Å². The number of rotatable bonds is 6. The third-order valence-electron chi connectivity index (χ3n) is 2.01. The smallest absolute Gasteiger partial charge is 0.0639 e. The van der Waals surface area contributed by atoms with Crippen LogP contribution in [0.4, 0.5) is 0 Å². The van der Waals surface area contributed by atoms with Gasteiger partial charge in [0.25, 0.3) is 0 Å². The van der Waals surface area contributed by atoms with Gasteiger partial charge in [0.2, 0.25) is 0 Å². The molecule has 0 amide bonds. The number of aliphatic hydroxyl groups excluding tert-OH is 1. The minimum absolute atomic E-state index is 0.217. The predicted molar refractivity (Wildman–Crippen MR) is 56.8 cm³/mol. The maximum absolute atomic E-state index is 9.19. The lowest BCUT2D eigenvalue weighted by Crippen LogP contribution is -2.37. The Morgan fingerprint density at radius 2 is 2.08 bits per heavy atom. The lowest BCUT2D eigenvalue weighted by molar-refractivity contribution is 0.121. The summed E-state index contributed by atoms with van der Waals surface area (Å²) >= 11 is 1.87. The van der Waals surface area contributed by atoms with Crippen molar-refractivity contribution in [2.45, 2.75) is 32.4 Å². The Bertz CT molecular complexity index is 109. The molecule has 0 aromatic carbocycles. The summed E-state index contributed by atoms with van der Waals surface area (Å²) in [6.45, 7) is 4.81. The van der Waals surface area contributed by atoms with E-state index in [1.807, 2.05) is 18.7 Å². The first-order valence-electron chi connectivity index (χ1n) is 4.49. The molecule has 0 aromatic rings. The zero-order valence-electron chi connectivity index (χ0n) is 8.58. The summed E-state index contributed by atoms with van der Waals surface area (Å²) < 4.78 is 0. The lowest BCUT2D eigenvalue weighted by atomic mass is 10.2. The van der Waals surface area contributed by atoms with Crippen LogP contribution in [0.1, 0.15) is 20.3 Å². The summed E-state index contributed by atoms with van der Waals surface area (Å²) in [5, 5.41) is 9.19. The van der Waals surface area contributed by atoms with Gasteiger partial charge in [-0.1, -0.05) is 6.92 Å². The van der Waals surface area contributed by atoms with Crippen LogP contribution in [0.5, 0.6) is 0 Å². The van der Waals surface area contributed by atoms with Crippen molar-refractivity contribution in [3.8, 4) is 0 Å². The van der Waals surface area contributed by atoms with E-state index in [0.29, 0.717) is 6.04 Å². The van der Waals surface area contributed by atoms with Crippen LogP contribution in [-0.2, 0) is 0 Å². The van der Waals surface area contributed by atoms with Gasteiger partial charge in [-0.15, -0.1) is 0 Å². The Morgan fingerprint density at radius 1 is 1.50 bits per heavy atom. The van der Waals surface area contributed by atoms with Crippen molar-refractivity contribution in [2.75, 3.05) is 25.6 Å². The zero-order chi connectivity index (χ0) is 9.56. The fourth-order valence-corrected chi connectivity index (χ4v) is 2.19. The van der Waals surface area contributed by atoms with E-state index >= 15 is 0 Å². The minimum atomic E-state index is -0.217. The molecule has 12 heavy (non-hydrogen) atoms. The van der Waals surface area contributed by atoms with E-state index in [9.17, 15) is 5.11 Å². The number of hydrogen-bond acceptors (Lipinski definition) is 3. The number of likely N-dealkylation sites (N-methyl/N-ethyl adjacent to an activating group) is 1. The van der Waals surface area contributed by atoms with Crippen LogP contribution in [0.3, 0.4) is 0 Å². The minimum Gasteiger partial charge on any atom is -0.392 e. The maximum Gasteiger partial charge on any atom is 0.0639 e. The number of nitrogens with zero attached hydrogens (tertiary/aromatic N) is 1. The van der Waals surface area contributed by atoms with Crippen LogP contribution < -0.4 is 0 Å². The molecule has 0 spiro atoms. The molecular formula is C9H21NOS. The average Bonchev–Trinajstić information content (AvgIpc) is 1.98. The summed E-state index contributed by atoms with van der Waals surface area (Å²) in [6, 6.07) is 0.606. The van der Waals surface area contributed by atoms with Crippen molar-refractivity contribution < 1.29 is 5.11 Å². The first-order valence-corrected chi connectivity index (χ1v) is 5.88. The summed E-state index contributed by atoms with van der Waals surface area (Å²) in [5.74, 6) is 1.15.